The summed E-state index contributed by atoms with van der Waals surface area (Å²) < 4.78 is 16.0. The molecule has 3 aromatic rings. The molecule has 1 atom stereocenters. The zero-order chi connectivity index (χ0) is 26.5. The summed E-state index contributed by atoms with van der Waals surface area (Å²) in [5.74, 6) is 0.561. The van der Waals surface area contributed by atoms with Gasteiger partial charge in [-0.1, -0.05) is 29.4 Å². The average molecular weight is 499 g/mol. The Kier molecular flexibility index (Phi) is 7.36. The normalized spacial score (nSPS) is 14.0. The zero-order valence-corrected chi connectivity index (χ0v) is 20.9. The van der Waals surface area contributed by atoms with Crippen LogP contribution in [0.25, 0.3) is 27.7 Å². The molecule has 188 valence electrons. The molecule has 1 aliphatic carbocycles. The third-order valence-electron chi connectivity index (χ3n) is 6.16. The van der Waals surface area contributed by atoms with Gasteiger partial charge in [-0.25, -0.2) is 0 Å². The number of nitrogens with one attached hydrogen (secondary N) is 1. The van der Waals surface area contributed by atoms with Crippen molar-refractivity contribution in [3.8, 4) is 23.0 Å². The van der Waals surface area contributed by atoms with Gasteiger partial charge in [0.05, 0.1) is 21.3 Å². The van der Waals surface area contributed by atoms with Crippen LogP contribution in [0.3, 0.4) is 0 Å². The summed E-state index contributed by atoms with van der Waals surface area (Å²) in [4.78, 5) is 16.3. The van der Waals surface area contributed by atoms with Crippen molar-refractivity contribution in [2.45, 2.75) is 13.0 Å². The maximum atomic E-state index is 13.3. The SMILES string of the molecule is COc1ccc2c(c1)C(C(N=[N+]=[N-])C(=O)Nc1ccccc1)=C(C)/C2=C\c1cc(OC)c(O)c(OC)c1. The second-order valence-corrected chi connectivity index (χ2v) is 8.24. The summed E-state index contributed by atoms with van der Waals surface area (Å²) in [6.07, 6.45) is 1.90. The number of phenolic OH excluding ortho intramolecular Hbond substituents is 1. The third-order valence-corrected chi connectivity index (χ3v) is 6.16. The highest BCUT2D eigenvalue weighted by atomic mass is 16.5. The average Bonchev–Trinajstić information content (AvgIpc) is 3.18. The fourth-order valence-electron chi connectivity index (χ4n) is 4.38. The van der Waals surface area contributed by atoms with Crippen LogP contribution >= 0.6 is 0 Å². The largest absolute Gasteiger partial charge is 0.502 e. The number of benzene rings is 3. The van der Waals surface area contributed by atoms with E-state index in [1.807, 2.05) is 37.3 Å². The number of allylic oxidation sites excluding steroid dienone is 2. The van der Waals surface area contributed by atoms with Crippen LogP contribution in [0.1, 0.15) is 23.6 Å². The first-order chi connectivity index (χ1) is 17.9. The highest BCUT2D eigenvalue weighted by molar-refractivity contribution is 6.13. The maximum absolute atomic E-state index is 13.3. The molecule has 0 fully saturated rings. The highest BCUT2D eigenvalue weighted by Gasteiger charge is 2.33. The summed E-state index contributed by atoms with van der Waals surface area (Å²) >= 11 is 0. The number of anilines is 1. The first kappa shape index (κ1) is 25.2. The molecule has 1 aliphatic rings. The van der Waals surface area contributed by atoms with Gasteiger partial charge in [0.25, 0.3) is 0 Å². The lowest BCUT2D eigenvalue weighted by Gasteiger charge is -2.16. The lowest BCUT2D eigenvalue weighted by molar-refractivity contribution is -0.116. The van der Waals surface area contributed by atoms with E-state index in [1.165, 1.54) is 14.2 Å². The van der Waals surface area contributed by atoms with Crippen molar-refractivity contribution < 1.29 is 24.1 Å². The van der Waals surface area contributed by atoms with Gasteiger partial charge in [0.2, 0.25) is 11.7 Å². The van der Waals surface area contributed by atoms with Crippen molar-refractivity contribution in [3.63, 3.8) is 0 Å². The number of carbonyl (C=O) groups excluding carboxylic acids is 1. The number of hydrogen-bond acceptors (Lipinski definition) is 6. The predicted octanol–water partition coefficient (Wildman–Crippen LogP) is 6.06. The van der Waals surface area contributed by atoms with E-state index in [1.54, 1.807) is 43.5 Å². The molecule has 0 saturated carbocycles. The van der Waals surface area contributed by atoms with E-state index in [9.17, 15) is 15.4 Å². The lowest BCUT2D eigenvalue weighted by atomic mass is 9.97. The van der Waals surface area contributed by atoms with E-state index in [2.05, 4.69) is 15.3 Å². The highest BCUT2D eigenvalue weighted by Crippen LogP contribution is 2.47. The van der Waals surface area contributed by atoms with Crippen LogP contribution in [0.4, 0.5) is 5.69 Å². The summed E-state index contributed by atoms with van der Waals surface area (Å²) in [6.45, 7) is 1.87. The third kappa shape index (κ3) is 4.94. The molecule has 0 aromatic heterocycles. The minimum absolute atomic E-state index is 0.0994. The van der Waals surface area contributed by atoms with Crippen molar-refractivity contribution >= 4 is 28.8 Å². The topological polar surface area (TPSA) is 126 Å². The molecule has 2 N–H and O–H groups in total. The number of nitrogens with zero attached hydrogens (tertiary/aromatic N) is 3. The first-order valence-electron chi connectivity index (χ1n) is 11.4. The van der Waals surface area contributed by atoms with Crippen molar-refractivity contribution in [1.29, 1.82) is 0 Å². The molecule has 9 heteroatoms. The molecule has 0 saturated heterocycles. The van der Waals surface area contributed by atoms with Gasteiger partial charge in [-0.05, 0) is 88.3 Å². The van der Waals surface area contributed by atoms with Gasteiger partial charge >= 0.3 is 0 Å². The maximum Gasteiger partial charge on any atom is 0.237 e. The number of ether oxygens (including phenoxy) is 3. The number of phenols is 1. The molecule has 0 bridgehead atoms. The van der Waals surface area contributed by atoms with Gasteiger partial charge in [0.15, 0.2) is 11.5 Å². The molecule has 0 aliphatic heterocycles. The second-order valence-electron chi connectivity index (χ2n) is 8.24. The molecular formula is C28H26N4O5. The number of aromatic hydroxyl groups is 1. The minimum Gasteiger partial charge on any atom is -0.502 e. The van der Waals surface area contributed by atoms with Crippen LogP contribution in [0.2, 0.25) is 0 Å². The monoisotopic (exact) mass is 498 g/mol. The van der Waals surface area contributed by atoms with Crippen LogP contribution in [0.5, 0.6) is 23.0 Å². The van der Waals surface area contributed by atoms with Gasteiger partial charge in [-0.15, -0.1) is 0 Å². The van der Waals surface area contributed by atoms with E-state index in [4.69, 9.17) is 14.2 Å². The summed E-state index contributed by atoms with van der Waals surface area (Å²) in [5, 5.41) is 17.0. The molecule has 4 rings (SSSR count). The van der Waals surface area contributed by atoms with Crippen molar-refractivity contribution in [3.05, 3.63) is 93.4 Å². The fraction of sp³-hybridized carbons (Fsp3) is 0.179. The van der Waals surface area contributed by atoms with E-state index >= 15 is 0 Å². The van der Waals surface area contributed by atoms with Crippen molar-refractivity contribution in [1.82, 2.24) is 0 Å². The van der Waals surface area contributed by atoms with Crippen molar-refractivity contribution in [2.75, 3.05) is 26.6 Å². The number of amides is 1. The summed E-state index contributed by atoms with van der Waals surface area (Å²) in [5.41, 5.74) is 14.4. The van der Waals surface area contributed by atoms with Gasteiger partial charge in [0, 0.05) is 10.6 Å². The smallest absolute Gasteiger partial charge is 0.237 e. The van der Waals surface area contributed by atoms with Crippen LogP contribution in [-0.4, -0.2) is 38.4 Å². The molecule has 1 unspecified atom stereocenters. The summed E-state index contributed by atoms with van der Waals surface area (Å²) in [6, 6.07) is 16.8. The Hall–Kier alpha value is -4.88. The number of fused-ring (bicyclic) bond motifs is 1. The van der Waals surface area contributed by atoms with Crippen LogP contribution in [0.15, 0.2) is 71.4 Å². The van der Waals surface area contributed by atoms with Crippen LogP contribution < -0.4 is 19.5 Å². The molecular weight excluding hydrogens is 472 g/mol. The Morgan fingerprint density at radius 2 is 1.68 bits per heavy atom. The molecule has 0 spiro atoms. The Bertz CT molecular complexity index is 1430. The Labute approximate surface area is 214 Å². The van der Waals surface area contributed by atoms with E-state index < -0.39 is 11.9 Å². The van der Waals surface area contributed by atoms with E-state index in [0.29, 0.717) is 22.6 Å². The van der Waals surface area contributed by atoms with Crippen LogP contribution in [-0.2, 0) is 4.79 Å². The molecule has 0 heterocycles. The Balaban J connectivity index is 1.88. The second kappa shape index (κ2) is 10.8. The van der Waals surface area contributed by atoms with Crippen LogP contribution in [0, 0.1) is 0 Å². The van der Waals surface area contributed by atoms with E-state index in [-0.39, 0.29) is 17.2 Å². The number of hydrogen-bond donors (Lipinski definition) is 2. The predicted molar refractivity (Wildman–Crippen MR) is 143 cm³/mol. The number of carbonyl (C=O) groups is 1. The standard InChI is InChI=1S/C28H26N4O5/c1-16-21(12-17-13-23(36-3)27(33)24(14-17)37-4)20-11-10-19(35-2)15-22(20)25(16)26(31-32-29)28(34)30-18-8-6-5-7-9-18/h5-15,26,33H,1-4H3,(H,30,34)/b21-12+. The quantitative estimate of drug-likeness (QED) is 0.222. The number of rotatable bonds is 8. The number of azide groups is 1. The van der Waals surface area contributed by atoms with Gasteiger partial charge in [-0.3, -0.25) is 4.79 Å². The molecule has 1 amide bonds. The van der Waals surface area contributed by atoms with Gasteiger partial charge in [-0.2, -0.15) is 0 Å². The molecule has 9 nitrogen and oxygen atoms in total. The zero-order valence-electron chi connectivity index (χ0n) is 20.9. The molecule has 37 heavy (non-hydrogen) atoms. The Morgan fingerprint density at radius 3 is 2.27 bits per heavy atom. The molecule has 0 radical (unpaired) electrons. The van der Waals surface area contributed by atoms with E-state index in [0.717, 1.165) is 22.3 Å². The fourth-order valence-corrected chi connectivity index (χ4v) is 4.38. The van der Waals surface area contributed by atoms with Gasteiger partial charge < -0.3 is 24.6 Å². The lowest BCUT2D eigenvalue weighted by Crippen LogP contribution is -2.27. The molecule has 3 aromatic carbocycles. The van der Waals surface area contributed by atoms with Crippen molar-refractivity contribution in [2.24, 2.45) is 5.11 Å². The minimum atomic E-state index is -1.13. The number of methoxy groups -OCH3 is 3. The first-order valence-corrected chi connectivity index (χ1v) is 11.4. The Morgan fingerprint density at radius 1 is 1.00 bits per heavy atom. The number of para-hydroxylation sites is 1. The summed E-state index contributed by atoms with van der Waals surface area (Å²) in [7, 11) is 4.48. The van der Waals surface area contributed by atoms with Gasteiger partial charge in [0.1, 0.15) is 11.8 Å².